The summed E-state index contributed by atoms with van der Waals surface area (Å²) in [5, 5.41) is 3.69. The number of rotatable bonds is 4. The van der Waals surface area contributed by atoms with Crippen molar-refractivity contribution in [3.8, 4) is 0 Å². The van der Waals surface area contributed by atoms with Crippen LogP contribution in [0.1, 0.15) is 56.2 Å². The second kappa shape index (κ2) is 6.20. The highest BCUT2D eigenvalue weighted by Crippen LogP contribution is 2.23. The zero-order valence-electron chi connectivity index (χ0n) is 11.2. The standard InChI is InChI=1S/C16H25N/c1-13-8-10-16(11-9-13)14(2)17-12-15-6-4-3-5-7-15/h8-11,14-15,17H,3-7,12H2,1-2H3/t14-/m1/s1. The van der Waals surface area contributed by atoms with Crippen molar-refractivity contribution in [3.63, 3.8) is 0 Å². The number of benzene rings is 1. The Hall–Kier alpha value is -0.820. The molecule has 0 bridgehead atoms. The Morgan fingerprint density at radius 1 is 1.12 bits per heavy atom. The molecule has 1 aliphatic rings. The van der Waals surface area contributed by atoms with E-state index in [2.05, 4.69) is 43.4 Å². The van der Waals surface area contributed by atoms with E-state index < -0.39 is 0 Å². The summed E-state index contributed by atoms with van der Waals surface area (Å²) in [6.07, 6.45) is 7.17. The van der Waals surface area contributed by atoms with Gasteiger partial charge in [0.1, 0.15) is 0 Å². The monoisotopic (exact) mass is 231 g/mol. The van der Waals surface area contributed by atoms with Crippen molar-refractivity contribution in [1.82, 2.24) is 5.32 Å². The molecule has 1 atom stereocenters. The maximum Gasteiger partial charge on any atom is 0.0291 e. The zero-order chi connectivity index (χ0) is 12.1. The van der Waals surface area contributed by atoms with Crippen molar-refractivity contribution in [2.45, 2.75) is 52.0 Å². The minimum Gasteiger partial charge on any atom is -0.310 e. The minimum atomic E-state index is 0.484. The molecule has 0 radical (unpaired) electrons. The van der Waals surface area contributed by atoms with Crippen LogP contribution < -0.4 is 5.32 Å². The van der Waals surface area contributed by atoms with Crippen LogP contribution in [-0.2, 0) is 0 Å². The molecule has 1 saturated carbocycles. The van der Waals surface area contributed by atoms with Crippen molar-refractivity contribution < 1.29 is 0 Å². The highest BCUT2D eigenvalue weighted by molar-refractivity contribution is 5.23. The molecule has 0 spiro atoms. The molecule has 17 heavy (non-hydrogen) atoms. The van der Waals surface area contributed by atoms with Crippen molar-refractivity contribution in [2.24, 2.45) is 5.92 Å². The molecule has 1 aromatic carbocycles. The second-order valence-corrected chi connectivity index (χ2v) is 5.54. The van der Waals surface area contributed by atoms with Gasteiger partial charge in [-0.25, -0.2) is 0 Å². The second-order valence-electron chi connectivity index (χ2n) is 5.54. The molecule has 0 heterocycles. The first-order chi connectivity index (χ1) is 8.25. The van der Waals surface area contributed by atoms with Gasteiger partial charge in [-0.05, 0) is 44.7 Å². The molecule has 1 N–H and O–H groups in total. The quantitative estimate of drug-likeness (QED) is 0.818. The molecule has 1 heteroatoms. The van der Waals surface area contributed by atoms with Gasteiger partial charge in [-0.2, -0.15) is 0 Å². The Labute approximate surface area is 106 Å². The smallest absolute Gasteiger partial charge is 0.0291 e. The summed E-state index contributed by atoms with van der Waals surface area (Å²) in [6.45, 7) is 5.60. The lowest BCUT2D eigenvalue weighted by Crippen LogP contribution is -2.27. The van der Waals surface area contributed by atoms with Gasteiger partial charge in [0.05, 0.1) is 0 Å². The summed E-state index contributed by atoms with van der Waals surface area (Å²) < 4.78 is 0. The van der Waals surface area contributed by atoms with Gasteiger partial charge in [0.2, 0.25) is 0 Å². The molecule has 2 rings (SSSR count). The van der Waals surface area contributed by atoms with Crippen molar-refractivity contribution in [2.75, 3.05) is 6.54 Å². The van der Waals surface area contributed by atoms with Crippen molar-refractivity contribution in [1.29, 1.82) is 0 Å². The number of aryl methyl sites for hydroxylation is 1. The first kappa shape index (κ1) is 12.6. The van der Waals surface area contributed by atoms with E-state index in [1.165, 1.54) is 49.8 Å². The van der Waals surface area contributed by atoms with Crippen LogP contribution in [0.5, 0.6) is 0 Å². The van der Waals surface area contributed by atoms with Gasteiger partial charge in [-0.3, -0.25) is 0 Å². The average molecular weight is 231 g/mol. The van der Waals surface area contributed by atoms with Crippen LogP contribution in [0.2, 0.25) is 0 Å². The van der Waals surface area contributed by atoms with E-state index in [-0.39, 0.29) is 0 Å². The summed E-state index contributed by atoms with van der Waals surface area (Å²) in [7, 11) is 0. The summed E-state index contributed by atoms with van der Waals surface area (Å²) in [5.41, 5.74) is 2.75. The fraction of sp³-hybridized carbons (Fsp3) is 0.625. The van der Waals surface area contributed by atoms with Crippen LogP contribution in [-0.4, -0.2) is 6.54 Å². The van der Waals surface area contributed by atoms with E-state index in [9.17, 15) is 0 Å². The summed E-state index contributed by atoms with van der Waals surface area (Å²) in [5.74, 6) is 0.914. The zero-order valence-corrected chi connectivity index (χ0v) is 11.2. The predicted molar refractivity (Wildman–Crippen MR) is 74.2 cm³/mol. The topological polar surface area (TPSA) is 12.0 Å². The average Bonchev–Trinajstić information content (AvgIpc) is 2.38. The summed E-state index contributed by atoms with van der Waals surface area (Å²) in [6, 6.07) is 9.38. The predicted octanol–water partition coefficient (Wildman–Crippen LogP) is 4.23. The molecular weight excluding hydrogens is 206 g/mol. The highest BCUT2D eigenvalue weighted by atomic mass is 14.9. The Bertz CT molecular complexity index is 322. The highest BCUT2D eigenvalue weighted by Gasteiger charge is 2.14. The van der Waals surface area contributed by atoms with E-state index in [0.29, 0.717) is 6.04 Å². The van der Waals surface area contributed by atoms with Gasteiger partial charge in [-0.1, -0.05) is 49.1 Å². The molecular formula is C16H25N. The van der Waals surface area contributed by atoms with Crippen LogP contribution in [0, 0.1) is 12.8 Å². The molecule has 0 saturated heterocycles. The SMILES string of the molecule is Cc1ccc([C@@H](C)NCC2CCCCC2)cc1. The lowest BCUT2D eigenvalue weighted by atomic mass is 9.89. The third kappa shape index (κ3) is 3.85. The van der Waals surface area contributed by atoms with Gasteiger partial charge in [0.15, 0.2) is 0 Å². The molecule has 0 amide bonds. The van der Waals surface area contributed by atoms with Crippen LogP contribution in [0.3, 0.4) is 0 Å². The van der Waals surface area contributed by atoms with Crippen molar-refractivity contribution >= 4 is 0 Å². The molecule has 94 valence electrons. The fourth-order valence-electron chi connectivity index (χ4n) is 2.71. The third-order valence-corrected chi connectivity index (χ3v) is 4.01. The molecule has 0 unspecified atom stereocenters. The summed E-state index contributed by atoms with van der Waals surface area (Å²) >= 11 is 0. The molecule has 1 aliphatic carbocycles. The van der Waals surface area contributed by atoms with Crippen LogP contribution in [0.15, 0.2) is 24.3 Å². The molecule has 0 aliphatic heterocycles. The lowest BCUT2D eigenvalue weighted by molar-refractivity contribution is 0.331. The van der Waals surface area contributed by atoms with Gasteiger partial charge in [0.25, 0.3) is 0 Å². The fourth-order valence-corrected chi connectivity index (χ4v) is 2.71. The summed E-state index contributed by atoms with van der Waals surface area (Å²) in [4.78, 5) is 0. The van der Waals surface area contributed by atoms with Crippen LogP contribution in [0.4, 0.5) is 0 Å². The maximum absolute atomic E-state index is 3.69. The molecule has 1 fully saturated rings. The van der Waals surface area contributed by atoms with Gasteiger partial charge in [-0.15, -0.1) is 0 Å². The van der Waals surface area contributed by atoms with Gasteiger partial charge < -0.3 is 5.32 Å². The molecule has 1 nitrogen and oxygen atoms in total. The van der Waals surface area contributed by atoms with Crippen LogP contribution in [0.25, 0.3) is 0 Å². The number of hydrogen-bond donors (Lipinski definition) is 1. The number of hydrogen-bond acceptors (Lipinski definition) is 1. The Morgan fingerprint density at radius 2 is 1.76 bits per heavy atom. The van der Waals surface area contributed by atoms with E-state index in [4.69, 9.17) is 0 Å². The first-order valence-electron chi connectivity index (χ1n) is 7.05. The third-order valence-electron chi connectivity index (χ3n) is 4.01. The van der Waals surface area contributed by atoms with Crippen molar-refractivity contribution in [3.05, 3.63) is 35.4 Å². The molecule has 1 aromatic rings. The Kier molecular flexibility index (Phi) is 4.61. The van der Waals surface area contributed by atoms with E-state index in [1.54, 1.807) is 0 Å². The van der Waals surface area contributed by atoms with Crippen LogP contribution >= 0.6 is 0 Å². The largest absolute Gasteiger partial charge is 0.310 e. The van der Waals surface area contributed by atoms with Gasteiger partial charge >= 0.3 is 0 Å². The lowest BCUT2D eigenvalue weighted by Gasteiger charge is -2.24. The Morgan fingerprint density at radius 3 is 2.41 bits per heavy atom. The van der Waals surface area contributed by atoms with E-state index in [0.717, 1.165) is 5.92 Å². The first-order valence-corrected chi connectivity index (χ1v) is 7.05. The molecule has 0 aromatic heterocycles. The number of nitrogens with one attached hydrogen (secondary N) is 1. The minimum absolute atomic E-state index is 0.484. The van der Waals surface area contributed by atoms with Gasteiger partial charge in [0, 0.05) is 6.04 Å². The normalized spacial score (nSPS) is 19.2. The Balaban J connectivity index is 1.80. The van der Waals surface area contributed by atoms with E-state index >= 15 is 0 Å². The maximum atomic E-state index is 3.69. The van der Waals surface area contributed by atoms with E-state index in [1.807, 2.05) is 0 Å².